The molecule has 1 unspecified atom stereocenters. The van der Waals surface area contributed by atoms with Crippen LogP contribution in [0.2, 0.25) is 0 Å². The van der Waals surface area contributed by atoms with Crippen LogP contribution in [0.25, 0.3) is 0 Å². The van der Waals surface area contributed by atoms with E-state index < -0.39 is 0 Å². The lowest BCUT2D eigenvalue weighted by Crippen LogP contribution is -2.18. The van der Waals surface area contributed by atoms with Crippen molar-refractivity contribution in [3.63, 3.8) is 0 Å². The Balaban J connectivity index is 1.89. The average molecular weight is 268 g/mol. The maximum Gasteiger partial charge on any atom is 0.109 e. The van der Waals surface area contributed by atoms with Gasteiger partial charge in [0.15, 0.2) is 0 Å². The van der Waals surface area contributed by atoms with Gasteiger partial charge in [-0.2, -0.15) is 0 Å². The molecule has 6 heteroatoms. The first kappa shape index (κ1) is 12.6. The molecule has 0 saturated heterocycles. The Labute approximate surface area is 109 Å². The van der Waals surface area contributed by atoms with Crippen molar-refractivity contribution in [2.24, 2.45) is 5.73 Å². The fourth-order valence-electron chi connectivity index (χ4n) is 1.44. The molecule has 0 radical (unpaired) electrons. The van der Waals surface area contributed by atoms with Crippen LogP contribution < -0.4 is 11.1 Å². The van der Waals surface area contributed by atoms with Gasteiger partial charge >= 0.3 is 0 Å². The van der Waals surface area contributed by atoms with Gasteiger partial charge in [-0.05, 0) is 13.8 Å². The molecule has 92 valence electrons. The maximum absolute atomic E-state index is 5.53. The normalized spacial score (nSPS) is 12.9. The molecule has 4 nitrogen and oxygen atoms in total. The van der Waals surface area contributed by atoms with Crippen molar-refractivity contribution < 1.29 is 0 Å². The largest absolute Gasteiger partial charge is 0.325 e. The second kappa shape index (κ2) is 5.68. The second-order valence-electron chi connectivity index (χ2n) is 3.85. The first-order valence-corrected chi connectivity index (χ1v) is 7.17. The van der Waals surface area contributed by atoms with Crippen molar-refractivity contribution in [2.45, 2.75) is 33.0 Å². The van der Waals surface area contributed by atoms with E-state index in [9.17, 15) is 0 Å². The van der Waals surface area contributed by atoms with Gasteiger partial charge in [0.2, 0.25) is 0 Å². The summed E-state index contributed by atoms with van der Waals surface area (Å²) in [6.45, 7) is 5.47. The molecular formula is C11H16N4S2. The number of aromatic nitrogens is 2. The van der Waals surface area contributed by atoms with E-state index >= 15 is 0 Å². The zero-order chi connectivity index (χ0) is 12.3. The van der Waals surface area contributed by atoms with Gasteiger partial charge in [0.1, 0.15) is 10.0 Å². The molecule has 17 heavy (non-hydrogen) atoms. The third-order valence-corrected chi connectivity index (χ3v) is 4.39. The van der Waals surface area contributed by atoms with E-state index in [1.807, 2.05) is 6.20 Å². The smallest absolute Gasteiger partial charge is 0.109 e. The summed E-state index contributed by atoms with van der Waals surface area (Å²) in [6, 6.07) is 0.261. The zero-order valence-electron chi connectivity index (χ0n) is 9.93. The van der Waals surface area contributed by atoms with Gasteiger partial charge < -0.3 is 11.1 Å². The quantitative estimate of drug-likeness (QED) is 0.872. The Morgan fingerprint density at radius 3 is 2.94 bits per heavy atom. The topological polar surface area (TPSA) is 63.8 Å². The number of thiazole rings is 2. The number of rotatable bonds is 5. The van der Waals surface area contributed by atoms with E-state index in [0.29, 0.717) is 6.54 Å². The summed E-state index contributed by atoms with van der Waals surface area (Å²) in [5.41, 5.74) is 6.58. The molecule has 2 aromatic heterocycles. The van der Waals surface area contributed by atoms with E-state index in [2.05, 4.69) is 34.5 Å². The summed E-state index contributed by atoms with van der Waals surface area (Å²) >= 11 is 3.34. The van der Waals surface area contributed by atoms with Gasteiger partial charge in [0.25, 0.3) is 0 Å². The first-order chi connectivity index (χ1) is 8.19. The van der Waals surface area contributed by atoms with Gasteiger partial charge in [0, 0.05) is 29.5 Å². The summed E-state index contributed by atoms with van der Waals surface area (Å²) in [5, 5.41) is 7.58. The highest BCUT2D eigenvalue weighted by Crippen LogP contribution is 2.19. The van der Waals surface area contributed by atoms with Crippen LogP contribution in [0.15, 0.2) is 11.6 Å². The minimum absolute atomic E-state index is 0.261. The highest BCUT2D eigenvalue weighted by Gasteiger charge is 2.09. The van der Waals surface area contributed by atoms with Crippen LogP contribution in [0.3, 0.4) is 0 Å². The molecule has 1 atom stereocenters. The van der Waals surface area contributed by atoms with Crippen LogP contribution in [0.4, 0.5) is 0 Å². The van der Waals surface area contributed by atoms with Crippen LogP contribution in [0.5, 0.6) is 0 Å². The van der Waals surface area contributed by atoms with Crippen LogP contribution in [0.1, 0.15) is 33.6 Å². The Bertz CT molecular complexity index is 477. The lowest BCUT2D eigenvalue weighted by atomic mass is 10.3. The number of hydrogen-bond acceptors (Lipinski definition) is 6. The predicted octanol–water partition coefficient (Wildman–Crippen LogP) is 2.22. The molecule has 0 bridgehead atoms. The Kier molecular flexibility index (Phi) is 4.22. The summed E-state index contributed by atoms with van der Waals surface area (Å²) < 4.78 is 0. The highest BCUT2D eigenvalue weighted by molar-refractivity contribution is 7.11. The van der Waals surface area contributed by atoms with Crippen molar-refractivity contribution >= 4 is 22.7 Å². The van der Waals surface area contributed by atoms with Gasteiger partial charge in [-0.15, -0.1) is 22.7 Å². The van der Waals surface area contributed by atoms with Crippen molar-refractivity contribution in [1.29, 1.82) is 0 Å². The number of aryl methyl sites for hydroxylation is 1. The Morgan fingerprint density at radius 1 is 1.53 bits per heavy atom. The molecule has 2 aromatic rings. The maximum atomic E-state index is 5.53. The lowest BCUT2D eigenvalue weighted by molar-refractivity contribution is 0.566. The molecule has 0 saturated carbocycles. The first-order valence-electron chi connectivity index (χ1n) is 5.48. The molecule has 0 spiro atoms. The number of nitrogens with two attached hydrogens (primary N) is 1. The van der Waals surface area contributed by atoms with E-state index in [4.69, 9.17) is 5.73 Å². The molecule has 0 aliphatic rings. The molecule has 0 amide bonds. The van der Waals surface area contributed by atoms with Gasteiger partial charge in [0.05, 0.1) is 11.7 Å². The average Bonchev–Trinajstić information content (AvgIpc) is 2.94. The molecular weight excluding hydrogens is 252 g/mol. The third kappa shape index (κ3) is 3.32. The van der Waals surface area contributed by atoms with Crippen molar-refractivity contribution in [3.05, 3.63) is 32.2 Å². The van der Waals surface area contributed by atoms with Gasteiger partial charge in [-0.1, -0.05) is 0 Å². The summed E-state index contributed by atoms with van der Waals surface area (Å²) in [7, 11) is 0. The Morgan fingerprint density at radius 2 is 2.35 bits per heavy atom. The third-order valence-electron chi connectivity index (χ3n) is 2.37. The van der Waals surface area contributed by atoms with Crippen molar-refractivity contribution in [2.75, 3.05) is 0 Å². The number of nitrogens with zero attached hydrogens (tertiary/aromatic N) is 2. The molecule has 0 aliphatic heterocycles. The van der Waals surface area contributed by atoms with Crippen LogP contribution >= 0.6 is 22.7 Å². The van der Waals surface area contributed by atoms with Crippen molar-refractivity contribution in [1.82, 2.24) is 15.3 Å². The summed E-state index contributed by atoms with van der Waals surface area (Å²) in [5.74, 6) is 0. The van der Waals surface area contributed by atoms with Crippen LogP contribution in [-0.4, -0.2) is 9.97 Å². The van der Waals surface area contributed by atoms with E-state index in [-0.39, 0.29) is 6.04 Å². The monoisotopic (exact) mass is 268 g/mol. The fourth-order valence-corrected chi connectivity index (χ4v) is 2.92. The molecule has 2 heterocycles. The van der Waals surface area contributed by atoms with Gasteiger partial charge in [-0.3, -0.25) is 0 Å². The number of nitrogens with one attached hydrogen (secondary N) is 1. The second-order valence-corrected chi connectivity index (χ2v) is 6.06. The summed E-state index contributed by atoms with van der Waals surface area (Å²) in [6.07, 6.45) is 1.91. The SMILES string of the molecule is Cc1cnc(C(C)NCc2csc(CN)n2)s1. The molecule has 0 fully saturated rings. The van der Waals surface area contributed by atoms with Crippen molar-refractivity contribution in [3.8, 4) is 0 Å². The standard InChI is InChI=1S/C11H16N4S2/c1-7-4-14-11(17-7)8(2)13-5-9-6-16-10(3-12)15-9/h4,6,8,13H,3,5,12H2,1-2H3. The summed E-state index contributed by atoms with van der Waals surface area (Å²) in [4.78, 5) is 10.0. The lowest BCUT2D eigenvalue weighted by Gasteiger charge is -2.09. The fraction of sp³-hybridized carbons (Fsp3) is 0.455. The highest BCUT2D eigenvalue weighted by atomic mass is 32.1. The van der Waals surface area contributed by atoms with Crippen LogP contribution in [-0.2, 0) is 13.1 Å². The number of hydrogen-bond donors (Lipinski definition) is 2. The van der Waals surface area contributed by atoms with Crippen LogP contribution in [0, 0.1) is 6.92 Å². The van der Waals surface area contributed by atoms with E-state index in [0.717, 1.165) is 22.3 Å². The van der Waals surface area contributed by atoms with E-state index in [1.165, 1.54) is 4.88 Å². The molecule has 3 N–H and O–H groups in total. The Hall–Kier alpha value is -0.820. The molecule has 2 rings (SSSR count). The van der Waals surface area contributed by atoms with Gasteiger partial charge in [-0.25, -0.2) is 9.97 Å². The van der Waals surface area contributed by atoms with E-state index in [1.54, 1.807) is 22.7 Å². The molecule has 0 aliphatic carbocycles. The zero-order valence-corrected chi connectivity index (χ0v) is 11.6. The minimum atomic E-state index is 0.261. The predicted molar refractivity (Wildman–Crippen MR) is 72.1 cm³/mol. The minimum Gasteiger partial charge on any atom is -0.325 e. The molecule has 0 aromatic carbocycles.